The Balaban J connectivity index is -0.0000000575. The molecule has 0 unspecified atom stereocenters. The van der Waals surface area contributed by atoms with Crippen molar-refractivity contribution >= 4 is 0 Å². The molecule has 0 aliphatic carbocycles. The summed E-state index contributed by atoms with van der Waals surface area (Å²) < 4.78 is 0. The fourth-order valence-electron chi connectivity index (χ4n) is 0. The highest BCUT2D eigenvalue weighted by molar-refractivity contribution is 4.12. The molecular weight excluding hydrogens is 100 g/mol. The van der Waals surface area contributed by atoms with E-state index in [0.29, 0.717) is 0 Å². The van der Waals surface area contributed by atoms with E-state index in [-0.39, 0.29) is 5.48 Å². The Morgan fingerprint density at radius 2 is 0.875 bits per heavy atom. The highest BCUT2D eigenvalue weighted by Gasteiger charge is 1.56. The summed E-state index contributed by atoms with van der Waals surface area (Å²) in [5.74, 6) is 0. The monoisotopic (exact) mass is 120 g/mol. The van der Waals surface area contributed by atoms with Gasteiger partial charge in [0.1, 0.15) is 0 Å². The number of unbranched alkanes of at least 4 members (excludes halogenated alkanes) is 1. The van der Waals surface area contributed by atoms with E-state index in [4.69, 9.17) is 0 Å². The topological polar surface area (TPSA) is 31.5 Å². The van der Waals surface area contributed by atoms with Crippen molar-refractivity contribution in [1.29, 1.82) is 0 Å². The third-order valence-corrected chi connectivity index (χ3v) is 0.500. The van der Waals surface area contributed by atoms with Gasteiger partial charge in [0.2, 0.25) is 0 Å². The van der Waals surface area contributed by atoms with Crippen LogP contribution in [0.5, 0.6) is 0 Å². The van der Waals surface area contributed by atoms with E-state index in [1.54, 1.807) is 0 Å². The molecule has 2 N–H and O–H groups in total. The van der Waals surface area contributed by atoms with Crippen molar-refractivity contribution in [1.82, 2.24) is 0 Å². The highest BCUT2D eigenvalue weighted by Crippen LogP contribution is 1.76. The van der Waals surface area contributed by atoms with Gasteiger partial charge in [-0.05, 0) is 0 Å². The summed E-state index contributed by atoms with van der Waals surface area (Å²) in [6.45, 7) is 8.61. The van der Waals surface area contributed by atoms with Crippen LogP contribution in [0.25, 0.3) is 0 Å². The second kappa shape index (κ2) is 28.2. The quantitative estimate of drug-likeness (QED) is 0.509. The van der Waals surface area contributed by atoms with Gasteiger partial charge in [-0.2, -0.15) is 0 Å². The Labute approximate surface area is 53.4 Å². The van der Waals surface area contributed by atoms with Crippen LogP contribution in [-0.2, 0) is 0 Å². The second-order valence-corrected chi connectivity index (χ2v) is 1.71. The molecule has 54 valence electrons. The minimum absolute atomic E-state index is 0. The average molecular weight is 120 g/mol. The number of hydrogen-bond acceptors (Lipinski definition) is 0. The van der Waals surface area contributed by atoms with Gasteiger partial charge in [0, 0.05) is 0 Å². The van der Waals surface area contributed by atoms with Gasteiger partial charge in [0.05, 0.1) is 0 Å². The van der Waals surface area contributed by atoms with Gasteiger partial charge in [0.15, 0.2) is 0 Å². The summed E-state index contributed by atoms with van der Waals surface area (Å²) in [4.78, 5) is 0. The van der Waals surface area contributed by atoms with Gasteiger partial charge >= 0.3 is 0 Å². The van der Waals surface area contributed by atoms with Crippen LogP contribution < -0.4 is 0 Å². The molecule has 0 fully saturated rings. The maximum Gasteiger partial charge on any atom is -0.0564 e. The van der Waals surface area contributed by atoms with Crippen molar-refractivity contribution < 1.29 is 5.48 Å². The molecule has 0 rings (SSSR count). The third kappa shape index (κ3) is 159. The zero-order valence-corrected chi connectivity index (χ0v) is 6.62. The predicted molar refractivity (Wildman–Crippen MR) is 40.2 cm³/mol. The van der Waals surface area contributed by atoms with Crippen molar-refractivity contribution in [3.63, 3.8) is 0 Å². The first-order valence-electron chi connectivity index (χ1n) is 3.33. The SMILES string of the molecule is CCC.CCCC.O. The molecule has 8 heavy (non-hydrogen) atoms. The number of rotatable bonds is 1. The van der Waals surface area contributed by atoms with E-state index >= 15 is 0 Å². The highest BCUT2D eigenvalue weighted by atomic mass is 16.0. The van der Waals surface area contributed by atoms with Crippen LogP contribution in [0.3, 0.4) is 0 Å². The molecule has 0 radical (unpaired) electrons. The summed E-state index contributed by atoms with van der Waals surface area (Å²) in [5, 5.41) is 0. The predicted octanol–water partition coefficient (Wildman–Crippen LogP) is 2.40. The lowest BCUT2D eigenvalue weighted by Crippen LogP contribution is -1.47. The van der Waals surface area contributed by atoms with Gasteiger partial charge < -0.3 is 5.48 Å². The van der Waals surface area contributed by atoms with Gasteiger partial charge in [-0.3, -0.25) is 0 Å². The Bertz CT molecular complexity index is 11.9. The summed E-state index contributed by atoms with van der Waals surface area (Å²) in [6, 6.07) is 0. The molecule has 0 aromatic rings. The van der Waals surface area contributed by atoms with Crippen LogP contribution in [0.15, 0.2) is 0 Å². The molecule has 0 aliphatic heterocycles. The minimum Gasteiger partial charge on any atom is -0.412 e. The maximum absolute atomic E-state index is 2.18. The Kier molecular flexibility index (Phi) is 55.3. The summed E-state index contributed by atoms with van der Waals surface area (Å²) in [5.41, 5.74) is 0. The van der Waals surface area contributed by atoms with Crippen LogP contribution in [0.4, 0.5) is 0 Å². The third-order valence-electron chi connectivity index (χ3n) is 0.500. The largest absolute Gasteiger partial charge is 0.412 e. The Hall–Kier alpha value is -0.0400. The van der Waals surface area contributed by atoms with E-state index in [0.717, 1.165) is 0 Å². The van der Waals surface area contributed by atoms with Gasteiger partial charge in [-0.25, -0.2) is 0 Å². The lowest BCUT2D eigenvalue weighted by molar-refractivity contribution is 0.824. The molecule has 0 aliphatic rings. The summed E-state index contributed by atoms with van der Waals surface area (Å²) in [6.07, 6.45) is 3.89. The molecular formula is C7H20O. The van der Waals surface area contributed by atoms with Crippen molar-refractivity contribution in [2.45, 2.75) is 47.0 Å². The van der Waals surface area contributed by atoms with Crippen molar-refractivity contribution in [3.05, 3.63) is 0 Å². The lowest BCUT2D eigenvalue weighted by Gasteiger charge is -1.68. The first-order valence-corrected chi connectivity index (χ1v) is 3.33. The van der Waals surface area contributed by atoms with Gasteiger partial charge in [-0.1, -0.05) is 47.0 Å². The summed E-state index contributed by atoms with van der Waals surface area (Å²) >= 11 is 0. The molecule has 0 aromatic heterocycles. The van der Waals surface area contributed by atoms with Crippen molar-refractivity contribution in [2.24, 2.45) is 0 Å². The zero-order valence-electron chi connectivity index (χ0n) is 6.62. The maximum atomic E-state index is 2.18. The first-order chi connectivity index (χ1) is 3.33. The first kappa shape index (κ1) is 15.7. The molecule has 0 bridgehead atoms. The van der Waals surface area contributed by atoms with Crippen LogP contribution in [0, 0.1) is 0 Å². The average Bonchev–Trinajstić information content (AvgIpc) is 1.69. The molecule has 0 spiro atoms. The van der Waals surface area contributed by atoms with Crippen LogP contribution >= 0.6 is 0 Å². The zero-order chi connectivity index (χ0) is 6.12. The number of hydrogen-bond donors (Lipinski definition) is 0. The van der Waals surface area contributed by atoms with Crippen LogP contribution in [0.2, 0.25) is 0 Å². The molecule has 0 heterocycles. The Morgan fingerprint density at radius 3 is 0.875 bits per heavy atom. The fourth-order valence-corrected chi connectivity index (χ4v) is 0. The van der Waals surface area contributed by atoms with E-state index < -0.39 is 0 Å². The standard InChI is InChI=1S/C4H10.C3H8.H2O/c1-3-4-2;1-3-2;/h3-4H2,1-2H3;3H2,1-2H3;1H2. The van der Waals surface area contributed by atoms with Crippen LogP contribution in [-0.4, -0.2) is 5.48 Å². The van der Waals surface area contributed by atoms with Crippen LogP contribution in [0.1, 0.15) is 47.0 Å². The molecule has 1 heteroatoms. The van der Waals surface area contributed by atoms with Gasteiger partial charge in [0.25, 0.3) is 0 Å². The molecule has 0 saturated heterocycles. The smallest absolute Gasteiger partial charge is 0.0564 e. The van der Waals surface area contributed by atoms with E-state index in [1.165, 1.54) is 19.3 Å². The molecule has 1 nitrogen and oxygen atoms in total. The second-order valence-electron chi connectivity index (χ2n) is 1.71. The molecule has 0 saturated carbocycles. The van der Waals surface area contributed by atoms with E-state index in [9.17, 15) is 0 Å². The van der Waals surface area contributed by atoms with E-state index in [1.807, 2.05) is 0 Å². The minimum atomic E-state index is 0. The normalized spacial score (nSPS) is 6.00. The van der Waals surface area contributed by atoms with E-state index in [2.05, 4.69) is 27.7 Å². The fraction of sp³-hybridized carbons (Fsp3) is 1.00. The molecule has 0 amide bonds. The van der Waals surface area contributed by atoms with Crippen molar-refractivity contribution in [2.75, 3.05) is 0 Å². The van der Waals surface area contributed by atoms with Gasteiger partial charge in [-0.15, -0.1) is 0 Å². The molecule has 0 atom stereocenters. The van der Waals surface area contributed by atoms with Crippen molar-refractivity contribution in [3.8, 4) is 0 Å². The lowest BCUT2D eigenvalue weighted by atomic mass is 10.4. The molecule has 0 aromatic carbocycles. The Morgan fingerprint density at radius 1 is 0.750 bits per heavy atom. The summed E-state index contributed by atoms with van der Waals surface area (Å²) in [7, 11) is 0.